The normalized spacial score (nSPS) is 19.0. The summed E-state index contributed by atoms with van der Waals surface area (Å²) >= 11 is 0. The van der Waals surface area contributed by atoms with Gasteiger partial charge in [-0.05, 0) is 38.1 Å². The van der Waals surface area contributed by atoms with E-state index in [-0.39, 0.29) is 5.91 Å². The van der Waals surface area contributed by atoms with E-state index in [1.165, 1.54) is 0 Å². The van der Waals surface area contributed by atoms with E-state index >= 15 is 0 Å². The number of amides is 1. The van der Waals surface area contributed by atoms with Crippen molar-refractivity contribution in [1.29, 1.82) is 0 Å². The lowest BCUT2D eigenvalue weighted by Gasteiger charge is -2.35. The number of anilines is 1. The lowest BCUT2D eigenvalue weighted by Crippen LogP contribution is -2.52. The van der Waals surface area contributed by atoms with Crippen LogP contribution in [-0.2, 0) is 14.8 Å². The summed E-state index contributed by atoms with van der Waals surface area (Å²) in [5.41, 5.74) is 1.03. The van der Waals surface area contributed by atoms with Crippen molar-refractivity contribution in [2.75, 3.05) is 63.8 Å². The van der Waals surface area contributed by atoms with Crippen LogP contribution in [0, 0.1) is 6.92 Å². The topological polar surface area (TPSA) is 90.0 Å². The second kappa shape index (κ2) is 9.93. The number of rotatable bonds is 5. The number of sulfonamides is 1. The second-order valence-corrected chi connectivity index (χ2v) is 10.2. The Bertz CT molecular complexity index is 1010. The molecule has 0 spiro atoms. The van der Waals surface area contributed by atoms with E-state index in [9.17, 15) is 13.2 Å². The Balaban J connectivity index is 1.29. The van der Waals surface area contributed by atoms with Crippen molar-refractivity contribution < 1.29 is 13.2 Å². The first-order valence-corrected chi connectivity index (χ1v) is 12.5. The molecule has 2 saturated heterocycles. The predicted octanol–water partition coefficient (Wildman–Crippen LogP) is 0.830. The molecule has 0 aliphatic carbocycles. The molecular formula is C22H30N6O3S. The van der Waals surface area contributed by atoms with Crippen molar-refractivity contribution in [2.45, 2.75) is 18.2 Å². The van der Waals surface area contributed by atoms with Crippen LogP contribution in [0.4, 0.5) is 5.95 Å². The van der Waals surface area contributed by atoms with Crippen LogP contribution in [0.1, 0.15) is 12.0 Å². The van der Waals surface area contributed by atoms with E-state index in [1.807, 2.05) is 24.0 Å². The van der Waals surface area contributed by atoms with E-state index in [4.69, 9.17) is 0 Å². The highest BCUT2D eigenvalue weighted by Crippen LogP contribution is 2.18. The minimum absolute atomic E-state index is 0.0912. The molecule has 9 nitrogen and oxygen atoms in total. The number of nitrogens with zero attached hydrogens (tertiary/aromatic N) is 6. The molecule has 32 heavy (non-hydrogen) atoms. The van der Waals surface area contributed by atoms with E-state index < -0.39 is 10.0 Å². The van der Waals surface area contributed by atoms with Crippen LogP contribution in [0.15, 0.2) is 47.6 Å². The molecule has 0 unspecified atom stereocenters. The third-order valence-corrected chi connectivity index (χ3v) is 7.95. The summed E-state index contributed by atoms with van der Waals surface area (Å²) in [5.74, 6) is 0.787. The highest BCUT2D eigenvalue weighted by molar-refractivity contribution is 7.89. The monoisotopic (exact) mass is 458 g/mol. The van der Waals surface area contributed by atoms with E-state index in [1.54, 1.807) is 34.9 Å². The molecule has 0 saturated carbocycles. The van der Waals surface area contributed by atoms with Crippen molar-refractivity contribution in [1.82, 2.24) is 24.1 Å². The fourth-order valence-electron chi connectivity index (χ4n) is 4.11. The van der Waals surface area contributed by atoms with Crippen molar-refractivity contribution >= 4 is 21.9 Å². The quantitative estimate of drug-likeness (QED) is 0.656. The standard InChI is InChI=1S/C22H30N6O3S/c1-19-4-6-20(7-5-19)32(30,31)28-11-3-10-25(12-17-28)18-21(29)26-13-15-27(16-14-26)22-23-8-2-9-24-22/h2,4-9H,3,10-18H2,1H3. The Hall–Kier alpha value is -2.56. The smallest absolute Gasteiger partial charge is 0.243 e. The Labute approximate surface area is 189 Å². The minimum atomic E-state index is -3.51. The maximum Gasteiger partial charge on any atom is 0.243 e. The third-order valence-electron chi connectivity index (χ3n) is 6.03. The second-order valence-electron chi connectivity index (χ2n) is 8.26. The number of carbonyl (C=O) groups is 1. The molecular weight excluding hydrogens is 428 g/mol. The van der Waals surface area contributed by atoms with Gasteiger partial charge < -0.3 is 9.80 Å². The molecule has 10 heteroatoms. The lowest BCUT2D eigenvalue weighted by atomic mass is 10.2. The maximum atomic E-state index is 13.0. The number of hydrogen-bond acceptors (Lipinski definition) is 7. The number of benzene rings is 1. The number of piperazine rings is 1. The van der Waals surface area contributed by atoms with Crippen LogP contribution >= 0.6 is 0 Å². The predicted molar refractivity (Wildman–Crippen MR) is 122 cm³/mol. The molecule has 0 bridgehead atoms. The van der Waals surface area contributed by atoms with Gasteiger partial charge in [-0.15, -0.1) is 0 Å². The molecule has 0 radical (unpaired) electrons. The van der Waals surface area contributed by atoms with Gasteiger partial charge in [-0.3, -0.25) is 9.69 Å². The summed E-state index contributed by atoms with van der Waals surface area (Å²) < 4.78 is 27.5. The largest absolute Gasteiger partial charge is 0.338 e. The molecule has 2 aromatic rings. The highest BCUT2D eigenvalue weighted by atomic mass is 32.2. The molecule has 1 aromatic heterocycles. The first kappa shape index (κ1) is 22.6. The van der Waals surface area contributed by atoms with Gasteiger partial charge in [0.25, 0.3) is 0 Å². The summed E-state index contributed by atoms with van der Waals surface area (Å²) in [4.78, 5) is 27.8. The fourth-order valence-corrected chi connectivity index (χ4v) is 5.58. The van der Waals surface area contributed by atoms with Gasteiger partial charge in [0.2, 0.25) is 21.9 Å². The summed E-state index contributed by atoms with van der Waals surface area (Å²) in [5, 5.41) is 0. The van der Waals surface area contributed by atoms with Crippen LogP contribution in [0.25, 0.3) is 0 Å². The summed E-state index contributed by atoms with van der Waals surface area (Å²) in [6.45, 7) is 7.07. The van der Waals surface area contributed by atoms with Gasteiger partial charge in [0.1, 0.15) is 0 Å². The van der Waals surface area contributed by atoms with Crippen LogP contribution in [0.3, 0.4) is 0 Å². The van der Waals surface area contributed by atoms with Gasteiger partial charge in [0, 0.05) is 58.2 Å². The Morgan fingerprint density at radius 1 is 0.906 bits per heavy atom. The highest BCUT2D eigenvalue weighted by Gasteiger charge is 2.29. The van der Waals surface area contributed by atoms with Crippen LogP contribution in [-0.4, -0.2) is 97.3 Å². The zero-order valence-corrected chi connectivity index (χ0v) is 19.2. The molecule has 2 aliphatic rings. The first-order chi connectivity index (χ1) is 15.4. The molecule has 2 aliphatic heterocycles. The molecule has 0 N–H and O–H groups in total. The Morgan fingerprint density at radius 3 is 2.28 bits per heavy atom. The molecule has 0 atom stereocenters. The Morgan fingerprint density at radius 2 is 1.59 bits per heavy atom. The SMILES string of the molecule is Cc1ccc(S(=O)(=O)N2CCCN(CC(=O)N3CCN(c4ncccn4)CC3)CC2)cc1. The van der Waals surface area contributed by atoms with Gasteiger partial charge >= 0.3 is 0 Å². The molecule has 172 valence electrons. The van der Waals surface area contributed by atoms with Crippen molar-refractivity contribution in [3.8, 4) is 0 Å². The van der Waals surface area contributed by atoms with Crippen LogP contribution in [0.5, 0.6) is 0 Å². The molecule has 1 aromatic carbocycles. The maximum absolute atomic E-state index is 13.0. The summed E-state index contributed by atoms with van der Waals surface area (Å²) in [6, 6.07) is 8.75. The fraction of sp³-hybridized carbons (Fsp3) is 0.500. The Kier molecular flexibility index (Phi) is 7.02. The molecule has 2 fully saturated rings. The van der Waals surface area contributed by atoms with Crippen molar-refractivity contribution in [3.63, 3.8) is 0 Å². The summed E-state index contributed by atoms with van der Waals surface area (Å²) in [7, 11) is -3.51. The molecule has 1 amide bonds. The minimum Gasteiger partial charge on any atom is -0.338 e. The van der Waals surface area contributed by atoms with E-state index in [0.717, 1.165) is 5.56 Å². The first-order valence-electron chi connectivity index (χ1n) is 11.0. The lowest BCUT2D eigenvalue weighted by molar-refractivity contribution is -0.132. The van der Waals surface area contributed by atoms with Gasteiger partial charge in [-0.1, -0.05) is 17.7 Å². The number of carbonyl (C=O) groups excluding carboxylic acids is 1. The van der Waals surface area contributed by atoms with Gasteiger partial charge in [0.15, 0.2) is 0 Å². The third kappa shape index (κ3) is 5.25. The number of hydrogen-bond donors (Lipinski definition) is 0. The van der Waals surface area contributed by atoms with Crippen LogP contribution < -0.4 is 4.90 Å². The zero-order valence-electron chi connectivity index (χ0n) is 18.4. The van der Waals surface area contributed by atoms with E-state index in [2.05, 4.69) is 19.8 Å². The molecule has 3 heterocycles. The van der Waals surface area contributed by atoms with Crippen molar-refractivity contribution in [3.05, 3.63) is 48.3 Å². The van der Waals surface area contributed by atoms with Gasteiger partial charge in [-0.25, -0.2) is 18.4 Å². The van der Waals surface area contributed by atoms with Crippen LogP contribution in [0.2, 0.25) is 0 Å². The summed E-state index contributed by atoms with van der Waals surface area (Å²) in [6.07, 6.45) is 4.15. The average Bonchev–Trinajstić information content (AvgIpc) is 3.06. The average molecular weight is 459 g/mol. The van der Waals surface area contributed by atoms with Crippen molar-refractivity contribution in [2.24, 2.45) is 0 Å². The zero-order chi connectivity index (χ0) is 22.6. The number of aryl methyl sites for hydroxylation is 1. The van der Waals surface area contributed by atoms with Gasteiger partial charge in [-0.2, -0.15) is 4.31 Å². The molecule has 4 rings (SSSR count). The van der Waals surface area contributed by atoms with Gasteiger partial charge in [0.05, 0.1) is 11.4 Å². The number of aromatic nitrogens is 2. The van der Waals surface area contributed by atoms with E-state index in [0.29, 0.717) is 76.2 Å².